The third kappa shape index (κ3) is 3.02. The summed E-state index contributed by atoms with van der Waals surface area (Å²) < 4.78 is 26.4. The highest BCUT2D eigenvalue weighted by Crippen LogP contribution is 2.22. The molecule has 0 saturated carbocycles. The van der Waals surface area contributed by atoms with Gasteiger partial charge in [0.2, 0.25) is 0 Å². The van der Waals surface area contributed by atoms with E-state index in [1.54, 1.807) is 0 Å². The summed E-state index contributed by atoms with van der Waals surface area (Å²) >= 11 is 0. The molecule has 2 aromatic carbocycles. The summed E-state index contributed by atoms with van der Waals surface area (Å²) in [6.07, 6.45) is 0.876. The number of para-hydroxylation sites is 1. The first kappa shape index (κ1) is 13.3. The van der Waals surface area contributed by atoms with Crippen LogP contribution in [0.4, 0.5) is 14.5 Å². The molecule has 2 rings (SSSR count). The minimum Gasteiger partial charge on any atom is -0.503 e. The molecular formula is C15H15F2NO. The monoisotopic (exact) mass is 263 g/mol. The van der Waals surface area contributed by atoms with Crippen LogP contribution < -0.4 is 5.32 Å². The van der Waals surface area contributed by atoms with Crippen molar-refractivity contribution in [1.29, 1.82) is 0 Å². The van der Waals surface area contributed by atoms with Gasteiger partial charge >= 0.3 is 0 Å². The Labute approximate surface area is 110 Å². The molecule has 2 aromatic rings. The molecule has 100 valence electrons. The lowest BCUT2D eigenvalue weighted by atomic mass is 10.1. The number of aromatic hydroxyl groups is 1. The summed E-state index contributed by atoms with van der Waals surface area (Å²) in [7, 11) is 0. The fourth-order valence-electron chi connectivity index (χ4n) is 1.92. The summed E-state index contributed by atoms with van der Waals surface area (Å²) in [5.41, 5.74) is 2.53. The molecule has 0 spiro atoms. The van der Waals surface area contributed by atoms with E-state index in [1.807, 2.05) is 31.2 Å². The van der Waals surface area contributed by atoms with E-state index in [-0.39, 0.29) is 0 Å². The molecular weight excluding hydrogens is 248 g/mol. The first-order valence-electron chi connectivity index (χ1n) is 6.10. The highest BCUT2D eigenvalue weighted by atomic mass is 19.1. The second-order valence-electron chi connectivity index (χ2n) is 4.27. The third-order valence-electron chi connectivity index (χ3n) is 2.96. The maximum absolute atomic E-state index is 13.2. The summed E-state index contributed by atoms with van der Waals surface area (Å²) in [6, 6.07) is 10.0. The normalized spacial score (nSPS) is 10.5. The maximum Gasteiger partial charge on any atom is 0.187 e. The van der Waals surface area contributed by atoms with Gasteiger partial charge in [0.25, 0.3) is 0 Å². The molecule has 0 radical (unpaired) electrons. The molecule has 0 saturated heterocycles. The van der Waals surface area contributed by atoms with E-state index in [0.717, 1.165) is 29.8 Å². The molecule has 0 amide bonds. The number of anilines is 1. The van der Waals surface area contributed by atoms with Crippen molar-refractivity contribution in [3.63, 3.8) is 0 Å². The molecule has 0 bridgehead atoms. The van der Waals surface area contributed by atoms with Crippen molar-refractivity contribution in [3.8, 4) is 5.75 Å². The van der Waals surface area contributed by atoms with Crippen molar-refractivity contribution in [1.82, 2.24) is 0 Å². The number of hydrogen-bond donors (Lipinski definition) is 2. The summed E-state index contributed by atoms with van der Waals surface area (Å²) in [4.78, 5) is 0. The van der Waals surface area contributed by atoms with Crippen molar-refractivity contribution in [2.24, 2.45) is 0 Å². The van der Waals surface area contributed by atoms with E-state index in [9.17, 15) is 8.78 Å². The average molecular weight is 263 g/mol. The number of phenolic OH excluding ortho intramolecular Hbond substituents is 1. The number of rotatable bonds is 4. The maximum atomic E-state index is 13.2. The molecule has 0 aliphatic carbocycles. The van der Waals surface area contributed by atoms with Crippen LogP contribution in [0.15, 0.2) is 36.4 Å². The number of nitrogens with one attached hydrogen (secondary N) is 1. The Morgan fingerprint density at radius 2 is 1.74 bits per heavy atom. The minimum atomic E-state index is -0.944. The third-order valence-corrected chi connectivity index (χ3v) is 2.96. The van der Waals surface area contributed by atoms with Crippen LogP contribution in [-0.2, 0) is 13.0 Å². The SMILES string of the molecule is CCc1ccccc1NCc1cc(F)c(O)c(F)c1. The van der Waals surface area contributed by atoms with Gasteiger partial charge in [0.1, 0.15) is 0 Å². The molecule has 0 atom stereocenters. The van der Waals surface area contributed by atoms with Gasteiger partial charge in [0.05, 0.1) is 0 Å². The van der Waals surface area contributed by atoms with Crippen molar-refractivity contribution >= 4 is 5.69 Å². The Morgan fingerprint density at radius 3 is 2.37 bits per heavy atom. The number of halogens is 2. The molecule has 0 aromatic heterocycles. The van der Waals surface area contributed by atoms with Crippen LogP contribution in [0.5, 0.6) is 5.75 Å². The van der Waals surface area contributed by atoms with E-state index < -0.39 is 17.4 Å². The standard InChI is InChI=1S/C15H15F2NO/c1-2-11-5-3-4-6-14(11)18-9-10-7-12(16)15(19)13(17)8-10/h3-8,18-19H,2,9H2,1H3. The second kappa shape index (κ2) is 5.69. The van der Waals surface area contributed by atoms with Crippen LogP contribution in [0.2, 0.25) is 0 Å². The van der Waals surface area contributed by atoms with Gasteiger partial charge in [0.15, 0.2) is 17.4 Å². The van der Waals surface area contributed by atoms with Gasteiger partial charge in [-0.05, 0) is 35.7 Å². The van der Waals surface area contributed by atoms with Crippen LogP contribution in [-0.4, -0.2) is 5.11 Å². The van der Waals surface area contributed by atoms with Crippen molar-refractivity contribution in [2.45, 2.75) is 19.9 Å². The summed E-state index contributed by atoms with van der Waals surface area (Å²) in [6.45, 7) is 2.34. The van der Waals surface area contributed by atoms with Gasteiger partial charge in [-0.15, -0.1) is 0 Å². The molecule has 4 heteroatoms. The van der Waals surface area contributed by atoms with Crippen molar-refractivity contribution in [2.75, 3.05) is 5.32 Å². The topological polar surface area (TPSA) is 32.3 Å². The molecule has 0 fully saturated rings. The lowest BCUT2D eigenvalue weighted by Crippen LogP contribution is -2.03. The smallest absolute Gasteiger partial charge is 0.187 e. The zero-order valence-corrected chi connectivity index (χ0v) is 10.6. The van der Waals surface area contributed by atoms with Gasteiger partial charge in [-0.2, -0.15) is 0 Å². The fraction of sp³-hybridized carbons (Fsp3) is 0.200. The van der Waals surface area contributed by atoms with E-state index in [0.29, 0.717) is 12.1 Å². The molecule has 2 N–H and O–H groups in total. The average Bonchev–Trinajstić information content (AvgIpc) is 2.42. The van der Waals surface area contributed by atoms with Crippen LogP contribution in [0.3, 0.4) is 0 Å². The first-order chi connectivity index (χ1) is 9.11. The molecule has 0 unspecified atom stereocenters. The number of phenols is 1. The van der Waals surface area contributed by atoms with Crippen LogP contribution in [0.25, 0.3) is 0 Å². The molecule has 0 aliphatic heterocycles. The Kier molecular flexibility index (Phi) is 4.00. The highest BCUT2D eigenvalue weighted by molar-refractivity contribution is 5.51. The minimum absolute atomic E-state index is 0.297. The van der Waals surface area contributed by atoms with E-state index in [4.69, 9.17) is 5.11 Å². The van der Waals surface area contributed by atoms with Crippen LogP contribution in [0, 0.1) is 11.6 Å². The summed E-state index contributed by atoms with van der Waals surface area (Å²) in [5, 5.41) is 12.2. The summed E-state index contributed by atoms with van der Waals surface area (Å²) in [5.74, 6) is -2.82. The zero-order chi connectivity index (χ0) is 13.8. The van der Waals surface area contributed by atoms with Crippen molar-refractivity contribution < 1.29 is 13.9 Å². The molecule has 0 heterocycles. The van der Waals surface area contributed by atoms with Gasteiger partial charge < -0.3 is 10.4 Å². The highest BCUT2D eigenvalue weighted by Gasteiger charge is 2.09. The van der Waals surface area contributed by atoms with E-state index in [1.165, 1.54) is 0 Å². The largest absolute Gasteiger partial charge is 0.503 e. The lowest BCUT2D eigenvalue weighted by molar-refractivity contribution is 0.395. The van der Waals surface area contributed by atoms with Gasteiger partial charge in [0, 0.05) is 12.2 Å². The Morgan fingerprint density at radius 1 is 1.11 bits per heavy atom. The van der Waals surface area contributed by atoms with Crippen molar-refractivity contribution in [3.05, 3.63) is 59.2 Å². The molecule has 19 heavy (non-hydrogen) atoms. The molecule has 2 nitrogen and oxygen atoms in total. The Balaban J connectivity index is 2.15. The quantitative estimate of drug-likeness (QED) is 0.878. The Bertz CT molecular complexity index is 561. The zero-order valence-electron chi connectivity index (χ0n) is 10.6. The fourth-order valence-corrected chi connectivity index (χ4v) is 1.92. The first-order valence-corrected chi connectivity index (χ1v) is 6.10. The number of aryl methyl sites for hydroxylation is 1. The van der Waals surface area contributed by atoms with Gasteiger partial charge in [-0.25, -0.2) is 8.78 Å². The predicted molar refractivity (Wildman–Crippen MR) is 71.2 cm³/mol. The second-order valence-corrected chi connectivity index (χ2v) is 4.27. The Hall–Kier alpha value is -2.10. The van der Waals surface area contributed by atoms with E-state index in [2.05, 4.69) is 5.32 Å². The number of hydrogen-bond acceptors (Lipinski definition) is 2. The molecule has 0 aliphatic rings. The lowest BCUT2D eigenvalue weighted by Gasteiger charge is -2.11. The predicted octanol–water partition coefficient (Wildman–Crippen LogP) is 3.84. The van der Waals surface area contributed by atoms with Crippen LogP contribution >= 0.6 is 0 Å². The van der Waals surface area contributed by atoms with E-state index >= 15 is 0 Å². The van der Waals surface area contributed by atoms with Gasteiger partial charge in [-0.1, -0.05) is 25.1 Å². The number of benzene rings is 2. The van der Waals surface area contributed by atoms with Gasteiger partial charge in [-0.3, -0.25) is 0 Å². The van der Waals surface area contributed by atoms with Crippen LogP contribution in [0.1, 0.15) is 18.1 Å².